The maximum Gasteiger partial charge on any atom is 0.417 e. The van der Waals surface area contributed by atoms with Gasteiger partial charge in [0.15, 0.2) is 6.79 Å². The first kappa shape index (κ1) is 15.8. The van der Waals surface area contributed by atoms with Crippen LogP contribution in [0.25, 0.3) is 0 Å². The number of halogens is 3. The molecule has 0 saturated heterocycles. The van der Waals surface area contributed by atoms with Crippen molar-refractivity contribution < 1.29 is 22.6 Å². The molecule has 0 bridgehead atoms. The van der Waals surface area contributed by atoms with Crippen molar-refractivity contribution in [1.29, 1.82) is 0 Å². The van der Waals surface area contributed by atoms with Gasteiger partial charge in [0.05, 0.1) is 5.56 Å². The van der Waals surface area contributed by atoms with E-state index in [2.05, 4.69) is 0 Å². The molecule has 6 heteroatoms. The molecule has 0 radical (unpaired) electrons. The lowest BCUT2D eigenvalue weighted by Crippen LogP contribution is -2.18. The van der Waals surface area contributed by atoms with Crippen LogP contribution in [0.15, 0.2) is 48.5 Å². The molecule has 0 amide bonds. The number of benzene rings is 2. The molecule has 0 aliphatic heterocycles. The van der Waals surface area contributed by atoms with Gasteiger partial charge in [0.2, 0.25) is 0 Å². The Kier molecular flexibility index (Phi) is 5.21. The molecular formula is C15H14F3O2P. The minimum absolute atomic E-state index is 0.0579. The molecule has 1 unspecified atom stereocenters. The average Bonchev–Trinajstić information content (AvgIpc) is 2.46. The third kappa shape index (κ3) is 4.19. The molecule has 0 fully saturated rings. The van der Waals surface area contributed by atoms with Gasteiger partial charge in [-0.3, -0.25) is 0 Å². The normalized spacial score (nSPS) is 12.0. The summed E-state index contributed by atoms with van der Waals surface area (Å²) in [6.07, 6.45) is -4.36. The average molecular weight is 314 g/mol. The predicted molar refractivity (Wildman–Crippen MR) is 78.0 cm³/mol. The highest BCUT2D eigenvalue weighted by molar-refractivity contribution is 7.55. The second kappa shape index (κ2) is 6.92. The minimum atomic E-state index is -4.36. The standard InChI is InChI=1S/C15H14F3O2P/c1-19-10-20-12-7-3-5-9-14(12)21-13-8-4-2-6-11(13)15(16,17)18/h2-9,21H,10H2,1H3. The Morgan fingerprint density at radius 3 is 2.24 bits per heavy atom. The first-order chi connectivity index (χ1) is 10.0. The lowest BCUT2D eigenvalue weighted by molar-refractivity contribution is -0.136. The third-order valence-electron chi connectivity index (χ3n) is 2.72. The van der Waals surface area contributed by atoms with E-state index in [0.717, 1.165) is 6.07 Å². The van der Waals surface area contributed by atoms with Gasteiger partial charge < -0.3 is 9.47 Å². The molecule has 2 aromatic carbocycles. The topological polar surface area (TPSA) is 18.5 Å². The van der Waals surface area contributed by atoms with Crippen LogP contribution in [-0.2, 0) is 10.9 Å². The van der Waals surface area contributed by atoms with E-state index in [-0.39, 0.29) is 20.7 Å². The first-order valence-electron chi connectivity index (χ1n) is 6.16. The zero-order chi connectivity index (χ0) is 15.3. The van der Waals surface area contributed by atoms with Crippen LogP contribution < -0.4 is 15.3 Å². The Hall–Kier alpha value is -1.58. The Balaban J connectivity index is 2.31. The van der Waals surface area contributed by atoms with Gasteiger partial charge in [0.25, 0.3) is 0 Å². The molecule has 2 rings (SSSR count). The fourth-order valence-electron chi connectivity index (χ4n) is 1.80. The summed E-state index contributed by atoms with van der Waals surface area (Å²) < 4.78 is 49.2. The zero-order valence-corrected chi connectivity index (χ0v) is 12.3. The highest BCUT2D eigenvalue weighted by Crippen LogP contribution is 2.31. The summed E-state index contributed by atoms with van der Waals surface area (Å²) >= 11 is 0. The molecule has 0 aliphatic rings. The fraction of sp³-hybridized carbons (Fsp3) is 0.200. The second-order valence-electron chi connectivity index (χ2n) is 4.22. The Bertz CT molecular complexity index is 599. The second-order valence-corrected chi connectivity index (χ2v) is 5.54. The Morgan fingerprint density at radius 2 is 1.57 bits per heavy atom. The molecule has 0 N–H and O–H groups in total. The number of hydrogen-bond acceptors (Lipinski definition) is 2. The smallest absolute Gasteiger partial charge is 0.417 e. The van der Waals surface area contributed by atoms with Crippen LogP contribution in [0.5, 0.6) is 5.75 Å². The Labute approximate surface area is 122 Å². The first-order valence-corrected chi connectivity index (χ1v) is 7.16. The van der Waals surface area contributed by atoms with Gasteiger partial charge in [0.1, 0.15) is 5.75 Å². The number of para-hydroxylation sites is 1. The molecule has 21 heavy (non-hydrogen) atoms. The maximum atomic E-state index is 13.0. The molecule has 2 aromatic rings. The summed E-state index contributed by atoms with van der Waals surface area (Å²) in [6, 6.07) is 12.6. The van der Waals surface area contributed by atoms with E-state index >= 15 is 0 Å². The van der Waals surface area contributed by atoms with Gasteiger partial charge in [-0.2, -0.15) is 13.2 Å². The lowest BCUT2D eigenvalue weighted by Gasteiger charge is -2.15. The molecular weight excluding hydrogens is 300 g/mol. The predicted octanol–water partition coefficient (Wildman–Crippen LogP) is 3.32. The van der Waals surface area contributed by atoms with Crippen LogP contribution in [0.1, 0.15) is 5.56 Å². The molecule has 0 heterocycles. The molecule has 0 aliphatic carbocycles. The molecule has 112 valence electrons. The van der Waals surface area contributed by atoms with E-state index in [1.54, 1.807) is 30.3 Å². The highest BCUT2D eigenvalue weighted by Gasteiger charge is 2.33. The van der Waals surface area contributed by atoms with Crippen molar-refractivity contribution in [2.75, 3.05) is 13.9 Å². The van der Waals surface area contributed by atoms with Crippen molar-refractivity contribution in [3.8, 4) is 5.75 Å². The van der Waals surface area contributed by atoms with E-state index in [4.69, 9.17) is 9.47 Å². The van der Waals surface area contributed by atoms with Crippen molar-refractivity contribution in [3.63, 3.8) is 0 Å². The van der Waals surface area contributed by atoms with E-state index < -0.39 is 11.7 Å². The van der Waals surface area contributed by atoms with Crippen molar-refractivity contribution >= 4 is 19.2 Å². The molecule has 0 spiro atoms. The van der Waals surface area contributed by atoms with Crippen molar-refractivity contribution in [2.24, 2.45) is 0 Å². The number of alkyl halides is 3. The Morgan fingerprint density at radius 1 is 0.952 bits per heavy atom. The quantitative estimate of drug-likeness (QED) is 0.623. The molecule has 2 nitrogen and oxygen atoms in total. The number of ether oxygens (including phenoxy) is 2. The van der Waals surface area contributed by atoms with Crippen molar-refractivity contribution in [1.82, 2.24) is 0 Å². The zero-order valence-electron chi connectivity index (χ0n) is 11.3. The van der Waals surface area contributed by atoms with Crippen LogP contribution in [0.2, 0.25) is 0 Å². The summed E-state index contributed by atoms with van der Waals surface area (Å²) in [6.45, 7) is 0.0579. The van der Waals surface area contributed by atoms with Crippen molar-refractivity contribution in [3.05, 3.63) is 54.1 Å². The summed E-state index contributed by atoms with van der Waals surface area (Å²) in [4.78, 5) is 0. The molecule has 0 aromatic heterocycles. The van der Waals surface area contributed by atoms with Crippen molar-refractivity contribution in [2.45, 2.75) is 6.18 Å². The van der Waals surface area contributed by atoms with Gasteiger partial charge in [0, 0.05) is 12.4 Å². The molecule has 1 atom stereocenters. The van der Waals surface area contributed by atoms with Gasteiger partial charge in [-0.05, 0) is 17.4 Å². The monoisotopic (exact) mass is 314 g/mol. The van der Waals surface area contributed by atoms with Crippen LogP contribution in [0.3, 0.4) is 0 Å². The largest absolute Gasteiger partial charge is 0.467 e. The lowest BCUT2D eigenvalue weighted by atomic mass is 10.2. The number of rotatable bonds is 5. The SMILES string of the molecule is COCOc1ccccc1Pc1ccccc1C(F)(F)F. The summed E-state index contributed by atoms with van der Waals surface area (Å²) in [5.41, 5.74) is -0.607. The van der Waals surface area contributed by atoms with Crippen LogP contribution in [0, 0.1) is 0 Å². The van der Waals surface area contributed by atoms with Gasteiger partial charge >= 0.3 is 6.18 Å². The number of hydrogen-bond donors (Lipinski definition) is 0. The van der Waals surface area contributed by atoms with Crippen LogP contribution >= 0.6 is 8.58 Å². The van der Waals surface area contributed by atoms with Gasteiger partial charge in [-0.25, -0.2) is 0 Å². The van der Waals surface area contributed by atoms with Crippen LogP contribution in [0.4, 0.5) is 13.2 Å². The van der Waals surface area contributed by atoms with E-state index in [9.17, 15) is 13.2 Å². The van der Waals surface area contributed by atoms with E-state index in [1.165, 1.54) is 19.2 Å². The summed E-state index contributed by atoms with van der Waals surface area (Å²) in [5, 5.41) is 0.963. The minimum Gasteiger partial charge on any atom is -0.467 e. The summed E-state index contributed by atoms with van der Waals surface area (Å²) in [7, 11) is 1.35. The van der Waals surface area contributed by atoms with Gasteiger partial charge in [-0.15, -0.1) is 0 Å². The highest BCUT2D eigenvalue weighted by atomic mass is 31.1. The third-order valence-corrected chi connectivity index (χ3v) is 4.11. The molecule has 0 saturated carbocycles. The number of methoxy groups -OCH3 is 1. The fourth-order valence-corrected chi connectivity index (χ4v) is 3.09. The van der Waals surface area contributed by atoms with Gasteiger partial charge in [-0.1, -0.05) is 45.0 Å². The van der Waals surface area contributed by atoms with Crippen LogP contribution in [-0.4, -0.2) is 13.9 Å². The maximum absolute atomic E-state index is 13.0. The van der Waals surface area contributed by atoms with E-state index in [0.29, 0.717) is 11.1 Å². The van der Waals surface area contributed by atoms with E-state index in [1.807, 2.05) is 0 Å². The summed E-state index contributed by atoms with van der Waals surface area (Å²) in [5.74, 6) is 0.537.